The van der Waals surface area contributed by atoms with Crippen LogP contribution in [0.2, 0.25) is 0 Å². The molecule has 6 rings (SSSR count). The number of alkyl halides is 3. The number of amides is 1. The van der Waals surface area contributed by atoms with Crippen LogP contribution in [0.3, 0.4) is 0 Å². The average Bonchev–Trinajstić information content (AvgIpc) is 3.21. The molecule has 1 aromatic heterocycles. The number of benzene rings is 2. The molecule has 0 radical (unpaired) electrons. The van der Waals surface area contributed by atoms with Crippen LogP contribution < -0.4 is 10.2 Å². The number of methoxy groups -OCH3 is 1. The zero-order valence-corrected chi connectivity index (χ0v) is 23.6. The molecule has 1 atom stereocenters. The minimum Gasteiger partial charge on any atom is -0.381 e. The van der Waals surface area contributed by atoms with E-state index < -0.39 is 17.6 Å². The van der Waals surface area contributed by atoms with Crippen LogP contribution in [0.25, 0.3) is 0 Å². The highest BCUT2D eigenvalue weighted by Crippen LogP contribution is 2.51. The van der Waals surface area contributed by atoms with Gasteiger partial charge in [0.15, 0.2) is 5.82 Å². The molecule has 2 fully saturated rings. The number of nitrogens with zero attached hydrogens (tertiary/aromatic N) is 4. The monoisotopic (exact) mass is 555 g/mol. The summed E-state index contributed by atoms with van der Waals surface area (Å²) in [6.45, 7) is 3.85. The molecule has 40 heavy (non-hydrogen) atoms. The topological polar surface area (TPSA) is 64.3 Å². The SMILES string of the molecule is COC1CC(c2cccc(N3Cc4c(cc([C@H](C)NC5(C)CCC5)cc4C(F)(F)F)C3=O)c2)(c2nn(C)n2C)C1. The lowest BCUT2D eigenvalue weighted by atomic mass is 9.61. The summed E-state index contributed by atoms with van der Waals surface area (Å²) in [5.74, 6) is 0.513. The van der Waals surface area contributed by atoms with Crippen molar-refractivity contribution in [1.82, 2.24) is 19.9 Å². The van der Waals surface area contributed by atoms with Crippen molar-refractivity contribution in [1.29, 1.82) is 0 Å². The van der Waals surface area contributed by atoms with Gasteiger partial charge >= 0.3 is 6.18 Å². The highest BCUT2D eigenvalue weighted by Gasteiger charge is 2.51. The van der Waals surface area contributed by atoms with E-state index >= 15 is 0 Å². The van der Waals surface area contributed by atoms with Crippen LogP contribution in [0.4, 0.5) is 18.9 Å². The zero-order chi connectivity index (χ0) is 28.6. The molecule has 0 spiro atoms. The Morgan fingerprint density at radius 1 is 1.15 bits per heavy atom. The predicted molar refractivity (Wildman–Crippen MR) is 145 cm³/mol. The Hall–Kier alpha value is -3.11. The molecule has 10 heteroatoms. The smallest absolute Gasteiger partial charge is 0.381 e. The van der Waals surface area contributed by atoms with Crippen LogP contribution in [-0.4, -0.2) is 39.2 Å². The third-order valence-corrected chi connectivity index (χ3v) is 9.50. The fraction of sp³-hybridized carbons (Fsp3) is 0.533. The van der Waals surface area contributed by atoms with Gasteiger partial charge in [-0.15, -0.1) is 5.10 Å². The summed E-state index contributed by atoms with van der Waals surface area (Å²) in [7, 11) is 5.51. The third kappa shape index (κ3) is 4.18. The molecule has 7 nitrogen and oxygen atoms in total. The molecule has 1 aliphatic heterocycles. The molecule has 0 bridgehead atoms. The maximum Gasteiger partial charge on any atom is 0.416 e. The van der Waals surface area contributed by atoms with Crippen molar-refractivity contribution < 1.29 is 22.7 Å². The van der Waals surface area contributed by atoms with E-state index in [1.54, 1.807) is 24.0 Å². The molecule has 3 aromatic rings. The lowest BCUT2D eigenvalue weighted by Gasteiger charge is -2.48. The number of carbonyl (C=O) groups is 1. The van der Waals surface area contributed by atoms with Crippen molar-refractivity contribution >= 4 is 11.6 Å². The number of fused-ring (bicyclic) bond motifs is 1. The van der Waals surface area contributed by atoms with Crippen molar-refractivity contribution in [3.05, 3.63) is 70.0 Å². The van der Waals surface area contributed by atoms with Crippen LogP contribution in [0.1, 0.15) is 90.4 Å². The number of anilines is 1. The van der Waals surface area contributed by atoms with E-state index in [4.69, 9.17) is 4.74 Å². The van der Waals surface area contributed by atoms with Gasteiger partial charge in [-0.2, -0.15) is 13.2 Å². The van der Waals surface area contributed by atoms with E-state index in [2.05, 4.69) is 17.3 Å². The maximum atomic E-state index is 14.3. The van der Waals surface area contributed by atoms with Gasteiger partial charge in [-0.3, -0.25) is 9.48 Å². The standard InChI is InChI=1S/C30H36F3N5O2/c1-18(34-28(2)10-7-11-28)19-12-23-24(25(13-19)30(31,32)33)17-38(26(23)39)21-9-6-8-20(14-21)29(15-22(16-29)40-5)27-35-37(4)36(27)3/h6,8-9,12-14,18,22,34H,7,10-11,15-17H2,1-5H3/t18-,22?,29?/m0/s1. The fourth-order valence-electron chi connectivity index (χ4n) is 6.78. The Balaban J connectivity index is 1.35. The molecule has 2 heterocycles. The van der Waals surface area contributed by atoms with E-state index in [1.165, 1.54) is 11.0 Å². The second kappa shape index (κ2) is 9.21. The summed E-state index contributed by atoms with van der Waals surface area (Å²) in [6, 6.07) is 10.2. The number of ether oxygens (including phenoxy) is 1. The summed E-state index contributed by atoms with van der Waals surface area (Å²) in [6.07, 6.45) is 0.0867. The van der Waals surface area contributed by atoms with Gasteiger partial charge in [-0.1, -0.05) is 12.1 Å². The Morgan fingerprint density at radius 3 is 2.45 bits per heavy atom. The molecule has 0 unspecified atom stereocenters. The Labute approximate surface area is 232 Å². The van der Waals surface area contributed by atoms with Crippen molar-refractivity contribution in [3.8, 4) is 0 Å². The van der Waals surface area contributed by atoms with Crippen molar-refractivity contribution in [2.75, 3.05) is 12.0 Å². The highest BCUT2D eigenvalue weighted by molar-refractivity contribution is 6.10. The van der Waals surface area contributed by atoms with E-state index in [0.29, 0.717) is 11.3 Å². The molecule has 0 saturated heterocycles. The first-order chi connectivity index (χ1) is 18.8. The molecule has 3 aliphatic rings. The van der Waals surface area contributed by atoms with Crippen LogP contribution in [0, 0.1) is 0 Å². The van der Waals surface area contributed by atoms with Gasteiger partial charge in [0.05, 0.1) is 23.6 Å². The second-order valence-corrected chi connectivity index (χ2v) is 12.1. The van der Waals surface area contributed by atoms with E-state index in [9.17, 15) is 18.0 Å². The number of aryl methyl sites for hydroxylation is 1. The Bertz CT molecular complexity index is 1460. The average molecular weight is 556 g/mol. The van der Waals surface area contributed by atoms with Crippen LogP contribution in [0.5, 0.6) is 0 Å². The fourth-order valence-corrected chi connectivity index (χ4v) is 6.78. The molecule has 2 aliphatic carbocycles. The van der Waals surface area contributed by atoms with Gasteiger partial charge in [0.1, 0.15) is 0 Å². The van der Waals surface area contributed by atoms with Gasteiger partial charge < -0.3 is 15.0 Å². The van der Waals surface area contributed by atoms with E-state index in [1.807, 2.05) is 43.9 Å². The largest absolute Gasteiger partial charge is 0.416 e. The molecule has 2 saturated carbocycles. The van der Waals surface area contributed by atoms with Crippen molar-refractivity contribution in [3.63, 3.8) is 0 Å². The van der Waals surface area contributed by atoms with Gasteiger partial charge in [0.2, 0.25) is 0 Å². The highest BCUT2D eigenvalue weighted by atomic mass is 19.4. The Morgan fingerprint density at radius 2 is 1.88 bits per heavy atom. The van der Waals surface area contributed by atoms with Gasteiger partial charge in [0.25, 0.3) is 5.91 Å². The number of halogens is 3. The first-order valence-electron chi connectivity index (χ1n) is 13.9. The lowest BCUT2D eigenvalue weighted by molar-refractivity contribution is -0.138. The quantitative estimate of drug-likeness (QED) is 0.411. The predicted octanol–water partition coefficient (Wildman–Crippen LogP) is 5.63. The summed E-state index contributed by atoms with van der Waals surface area (Å²) < 4.78 is 50.5. The third-order valence-electron chi connectivity index (χ3n) is 9.50. The number of aromatic nitrogens is 3. The number of nitrogens with one attached hydrogen (secondary N) is 1. The maximum absolute atomic E-state index is 14.3. The van der Waals surface area contributed by atoms with Crippen LogP contribution in [0.15, 0.2) is 36.4 Å². The zero-order valence-electron chi connectivity index (χ0n) is 23.6. The normalized spacial score (nSPS) is 24.6. The first-order valence-corrected chi connectivity index (χ1v) is 13.9. The first kappa shape index (κ1) is 27.1. The molecular weight excluding hydrogens is 519 g/mol. The Kier molecular flexibility index (Phi) is 6.23. The van der Waals surface area contributed by atoms with Gasteiger partial charge in [0, 0.05) is 44.0 Å². The van der Waals surface area contributed by atoms with E-state index in [-0.39, 0.29) is 40.8 Å². The summed E-state index contributed by atoms with van der Waals surface area (Å²) in [4.78, 5) is 17.0. The number of rotatable bonds is 7. The van der Waals surface area contributed by atoms with Crippen molar-refractivity contribution in [2.45, 2.75) is 81.8 Å². The molecule has 1 amide bonds. The lowest BCUT2D eigenvalue weighted by Crippen LogP contribution is -2.51. The summed E-state index contributed by atoms with van der Waals surface area (Å²) in [5.41, 5.74) is 1.02. The molecule has 214 valence electrons. The van der Waals surface area contributed by atoms with Gasteiger partial charge in [-0.05, 0) is 86.9 Å². The minimum absolute atomic E-state index is 0.0382. The number of hydrogen-bond acceptors (Lipinski definition) is 4. The van der Waals surface area contributed by atoms with Crippen LogP contribution in [-0.2, 0) is 37.0 Å². The minimum atomic E-state index is -4.57. The second-order valence-electron chi connectivity index (χ2n) is 12.1. The molecule has 1 N–H and O–H groups in total. The van der Waals surface area contributed by atoms with Crippen molar-refractivity contribution in [2.24, 2.45) is 14.1 Å². The summed E-state index contributed by atoms with van der Waals surface area (Å²) in [5, 5.41) is 8.11. The van der Waals surface area contributed by atoms with Crippen LogP contribution >= 0.6 is 0 Å². The number of hydrogen-bond donors (Lipinski definition) is 1. The van der Waals surface area contributed by atoms with E-state index in [0.717, 1.165) is 43.5 Å². The number of carbonyl (C=O) groups excluding carboxylic acids is 1. The molecule has 2 aromatic carbocycles. The summed E-state index contributed by atoms with van der Waals surface area (Å²) >= 11 is 0. The van der Waals surface area contributed by atoms with Gasteiger partial charge in [-0.25, -0.2) is 4.80 Å². The molecular formula is C30H36F3N5O2.